The van der Waals surface area contributed by atoms with Crippen molar-refractivity contribution in [2.24, 2.45) is 5.73 Å². The summed E-state index contributed by atoms with van der Waals surface area (Å²) in [4.78, 5) is 9.79. The summed E-state index contributed by atoms with van der Waals surface area (Å²) < 4.78 is 1.27. The molecule has 1 aromatic carbocycles. The molecule has 0 bridgehead atoms. The molecule has 2 heterocycles. The maximum atomic E-state index is 5.50. The minimum Gasteiger partial charge on any atom is -0.325 e. The molecule has 2 N–H and O–H groups in total. The highest BCUT2D eigenvalue weighted by atomic mass is 32.1. The zero-order chi connectivity index (χ0) is 11.7. The molecule has 0 saturated heterocycles. The standard InChI is InChI=1S/C13H11N3S/c14-6-10-7-16-11(8-15-10)13-5-9-3-1-2-4-12(9)17-13/h1-5,7-8H,6,14H2. The lowest BCUT2D eigenvalue weighted by Gasteiger charge is -1.97. The van der Waals surface area contributed by atoms with E-state index < -0.39 is 0 Å². The number of nitrogens with two attached hydrogens (primary N) is 1. The van der Waals surface area contributed by atoms with Crippen molar-refractivity contribution < 1.29 is 0 Å². The van der Waals surface area contributed by atoms with Crippen LogP contribution in [0.4, 0.5) is 0 Å². The van der Waals surface area contributed by atoms with Crippen molar-refractivity contribution in [2.45, 2.75) is 6.54 Å². The molecule has 3 aromatic rings. The molecule has 0 saturated carbocycles. The third-order valence-corrected chi connectivity index (χ3v) is 3.73. The average molecular weight is 241 g/mol. The van der Waals surface area contributed by atoms with Crippen molar-refractivity contribution in [3.05, 3.63) is 48.4 Å². The Labute approximate surface area is 103 Å². The highest BCUT2D eigenvalue weighted by Crippen LogP contribution is 2.31. The van der Waals surface area contributed by atoms with E-state index in [4.69, 9.17) is 5.73 Å². The SMILES string of the molecule is NCc1cnc(-c2cc3ccccc3s2)cn1. The van der Waals surface area contributed by atoms with E-state index in [0.717, 1.165) is 16.3 Å². The number of aromatic nitrogens is 2. The largest absolute Gasteiger partial charge is 0.325 e. The molecule has 0 amide bonds. The summed E-state index contributed by atoms with van der Waals surface area (Å²) in [6.45, 7) is 0.430. The topological polar surface area (TPSA) is 51.8 Å². The van der Waals surface area contributed by atoms with E-state index in [0.29, 0.717) is 6.54 Å². The molecule has 0 atom stereocenters. The Morgan fingerprint density at radius 1 is 1.12 bits per heavy atom. The lowest BCUT2D eigenvalue weighted by atomic mass is 10.2. The maximum absolute atomic E-state index is 5.50. The summed E-state index contributed by atoms with van der Waals surface area (Å²) in [5, 5.41) is 1.25. The quantitative estimate of drug-likeness (QED) is 0.750. The van der Waals surface area contributed by atoms with Crippen molar-refractivity contribution in [2.75, 3.05) is 0 Å². The van der Waals surface area contributed by atoms with Crippen LogP contribution in [-0.2, 0) is 6.54 Å². The number of benzene rings is 1. The predicted octanol–water partition coefficient (Wildman–Crippen LogP) is 2.82. The minimum absolute atomic E-state index is 0.430. The van der Waals surface area contributed by atoms with Crippen LogP contribution < -0.4 is 5.73 Å². The van der Waals surface area contributed by atoms with Crippen LogP contribution >= 0.6 is 11.3 Å². The molecular formula is C13H11N3S. The Morgan fingerprint density at radius 2 is 2.00 bits per heavy atom. The first kappa shape index (κ1) is 10.4. The molecule has 0 fully saturated rings. The third kappa shape index (κ3) is 1.92. The second kappa shape index (κ2) is 4.24. The van der Waals surface area contributed by atoms with Gasteiger partial charge in [-0.05, 0) is 17.5 Å². The Kier molecular flexibility index (Phi) is 2.59. The van der Waals surface area contributed by atoms with E-state index in [9.17, 15) is 0 Å². The van der Waals surface area contributed by atoms with Gasteiger partial charge in [0.1, 0.15) is 0 Å². The summed E-state index contributed by atoms with van der Waals surface area (Å²) in [5.74, 6) is 0. The van der Waals surface area contributed by atoms with Crippen LogP contribution in [0.2, 0.25) is 0 Å². The maximum Gasteiger partial charge on any atom is 0.0985 e. The van der Waals surface area contributed by atoms with E-state index in [-0.39, 0.29) is 0 Å². The molecule has 4 heteroatoms. The van der Waals surface area contributed by atoms with Crippen LogP contribution in [0.25, 0.3) is 20.7 Å². The molecule has 0 spiro atoms. The van der Waals surface area contributed by atoms with E-state index >= 15 is 0 Å². The number of fused-ring (bicyclic) bond motifs is 1. The molecule has 17 heavy (non-hydrogen) atoms. The molecular weight excluding hydrogens is 230 g/mol. The molecule has 0 aliphatic heterocycles. The van der Waals surface area contributed by atoms with Gasteiger partial charge in [-0.15, -0.1) is 11.3 Å². The van der Waals surface area contributed by atoms with Crippen LogP contribution in [0.15, 0.2) is 42.7 Å². The van der Waals surface area contributed by atoms with Crippen LogP contribution in [0.3, 0.4) is 0 Å². The molecule has 2 aromatic heterocycles. The number of rotatable bonds is 2. The summed E-state index contributed by atoms with van der Waals surface area (Å²) in [6, 6.07) is 10.5. The fourth-order valence-electron chi connectivity index (χ4n) is 1.70. The molecule has 0 radical (unpaired) electrons. The van der Waals surface area contributed by atoms with E-state index in [1.807, 2.05) is 12.1 Å². The van der Waals surface area contributed by atoms with Crippen LogP contribution in [0.1, 0.15) is 5.69 Å². The van der Waals surface area contributed by atoms with Gasteiger partial charge in [-0.1, -0.05) is 18.2 Å². The van der Waals surface area contributed by atoms with Gasteiger partial charge in [0, 0.05) is 11.2 Å². The normalized spacial score (nSPS) is 10.9. The van der Waals surface area contributed by atoms with Gasteiger partial charge in [0.2, 0.25) is 0 Å². The second-order valence-electron chi connectivity index (χ2n) is 3.75. The van der Waals surface area contributed by atoms with Crippen molar-refractivity contribution in [1.29, 1.82) is 0 Å². The van der Waals surface area contributed by atoms with Crippen LogP contribution in [-0.4, -0.2) is 9.97 Å². The highest BCUT2D eigenvalue weighted by Gasteiger charge is 2.05. The number of nitrogens with zero attached hydrogens (tertiary/aromatic N) is 2. The highest BCUT2D eigenvalue weighted by molar-refractivity contribution is 7.22. The van der Waals surface area contributed by atoms with E-state index in [1.165, 1.54) is 10.1 Å². The van der Waals surface area contributed by atoms with Crippen molar-refractivity contribution in [1.82, 2.24) is 9.97 Å². The van der Waals surface area contributed by atoms with Crippen LogP contribution in [0.5, 0.6) is 0 Å². The summed E-state index contributed by atoms with van der Waals surface area (Å²) >= 11 is 1.73. The minimum atomic E-state index is 0.430. The van der Waals surface area contributed by atoms with Gasteiger partial charge in [0.25, 0.3) is 0 Å². The fourth-order valence-corrected chi connectivity index (χ4v) is 2.72. The number of hydrogen-bond acceptors (Lipinski definition) is 4. The van der Waals surface area contributed by atoms with Gasteiger partial charge in [0.05, 0.1) is 28.7 Å². The first-order valence-corrected chi connectivity index (χ1v) is 6.18. The smallest absolute Gasteiger partial charge is 0.0985 e. The number of hydrogen-bond donors (Lipinski definition) is 1. The molecule has 0 aliphatic carbocycles. The lowest BCUT2D eigenvalue weighted by molar-refractivity contribution is 0.967. The average Bonchev–Trinajstić information content (AvgIpc) is 2.82. The van der Waals surface area contributed by atoms with Gasteiger partial charge in [-0.3, -0.25) is 9.97 Å². The monoisotopic (exact) mass is 241 g/mol. The van der Waals surface area contributed by atoms with E-state index in [2.05, 4.69) is 28.2 Å². The first-order valence-electron chi connectivity index (χ1n) is 5.37. The predicted molar refractivity (Wildman–Crippen MR) is 70.7 cm³/mol. The van der Waals surface area contributed by atoms with Crippen LogP contribution in [0, 0.1) is 0 Å². The molecule has 3 nitrogen and oxygen atoms in total. The lowest BCUT2D eigenvalue weighted by Crippen LogP contribution is -1.99. The van der Waals surface area contributed by atoms with Crippen molar-refractivity contribution >= 4 is 21.4 Å². The molecule has 3 rings (SSSR count). The zero-order valence-electron chi connectivity index (χ0n) is 9.13. The Balaban J connectivity index is 2.07. The Bertz CT molecular complexity index is 610. The molecule has 0 unspecified atom stereocenters. The summed E-state index contributed by atoms with van der Waals surface area (Å²) in [6.07, 6.45) is 3.52. The third-order valence-electron chi connectivity index (χ3n) is 2.59. The summed E-state index contributed by atoms with van der Waals surface area (Å²) in [5.41, 5.74) is 7.22. The van der Waals surface area contributed by atoms with Crippen molar-refractivity contribution in [3.63, 3.8) is 0 Å². The zero-order valence-corrected chi connectivity index (χ0v) is 9.95. The fraction of sp³-hybridized carbons (Fsp3) is 0.0769. The second-order valence-corrected chi connectivity index (χ2v) is 4.83. The Hall–Kier alpha value is -1.78. The van der Waals surface area contributed by atoms with Gasteiger partial charge < -0.3 is 5.73 Å². The van der Waals surface area contributed by atoms with Gasteiger partial charge in [-0.25, -0.2) is 0 Å². The Morgan fingerprint density at radius 3 is 2.71 bits per heavy atom. The summed E-state index contributed by atoms with van der Waals surface area (Å²) in [7, 11) is 0. The van der Waals surface area contributed by atoms with Gasteiger partial charge >= 0.3 is 0 Å². The van der Waals surface area contributed by atoms with Crippen molar-refractivity contribution in [3.8, 4) is 10.6 Å². The first-order chi connectivity index (χ1) is 8.36. The molecule has 84 valence electrons. The van der Waals surface area contributed by atoms with Gasteiger partial charge in [-0.2, -0.15) is 0 Å². The number of thiophene rings is 1. The van der Waals surface area contributed by atoms with E-state index in [1.54, 1.807) is 23.7 Å². The van der Waals surface area contributed by atoms with Gasteiger partial charge in [0.15, 0.2) is 0 Å². The molecule has 0 aliphatic rings.